The number of methoxy groups -OCH3 is 1. The fourth-order valence-corrected chi connectivity index (χ4v) is 3.68. The number of aromatic nitrogens is 2. The summed E-state index contributed by atoms with van der Waals surface area (Å²) in [6.07, 6.45) is 5.51. The lowest BCUT2D eigenvalue weighted by atomic mass is 10.1. The third kappa shape index (κ3) is 11.1. The van der Waals surface area contributed by atoms with Crippen LogP contribution in [0.4, 0.5) is 5.69 Å². The highest BCUT2D eigenvalue weighted by Crippen LogP contribution is 2.21. The molecule has 1 N–H and O–H groups in total. The lowest BCUT2D eigenvalue weighted by Crippen LogP contribution is -2.51. The Balaban J connectivity index is 0.00000120. The van der Waals surface area contributed by atoms with Crippen LogP contribution in [0.2, 0.25) is 0 Å². The quantitative estimate of drug-likeness (QED) is 0.527. The molecule has 2 heterocycles. The van der Waals surface area contributed by atoms with E-state index < -0.39 is 5.97 Å². The van der Waals surface area contributed by atoms with Crippen LogP contribution in [0.3, 0.4) is 0 Å². The molecule has 0 radical (unpaired) electrons. The van der Waals surface area contributed by atoms with Gasteiger partial charge < -0.3 is 19.6 Å². The molecule has 2 aromatic rings. The minimum Gasteiger partial charge on any atom is -0.481 e. The third-order valence-corrected chi connectivity index (χ3v) is 5.52. The average molecular weight is 502 g/mol. The van der Waals surface area contributed by atoms with Gasteiger partial charge in [-0.05, 0) is 43.3 Å². The molecule has 0 bridgehead atoms. The van der Waals surface area contributed by atoms with Crippen LogP contribution in [0.5, 0.6) is 0 Å². The van der Waals surface area contributed by atoms with Crippen molar-refractivity contribution in [3.8, 4) is 11.4 Å². The normalized spacial score (nSPS) is 12.8. The number of aliphatic carboxylic acids is 1. The number of benzene rings is 1. The summed E-state index contributed by atoms with van der Waals surface area (Å²) in [6.45, 7) is 10.4. The van der Waals surface area contributed by atoms with Crippen molar-refractivity contribution >= 4 is 17.6 Å². The molecule has 1 saturated heterocycles. The maximum absolute atomic E-state index is 12.8. The lowest BCUT2D eigenvalue weighted by molar-refractivity contribution is -0.138. The van der Waals surface area contributed by atoms with E-state index >= 15 is 0 Å². The average Bonchev–Trinajstić information content (AvgIpc) is 2.92. The number of piperazine rings is 1. The van der Waals surface area contributed by atoms with Crippen LogP contribution in [0.25, 0.3) is 11.4 Å². The number of anilines is 1. The topological polar surface area (TPSA) is 99.1 Å². The minimum absolute atomic E-state index is 0.0643. The molecule has 1 aromatic carbocycles. The highest BCUT2D eigenvalue weighted by Gasteiger charge is 2.23. The van der Waals surface area contributed by atoms with Gasteiger partial charge in [0.05, 0.1) is 13.0 Å². The van der Waals surface area contributed by atoms with Gasteiger partial charge in [-0.25, -0.2) is 9.97 Å². The van der Waals surface area contributed by atoms with Gasteiger partial charge in [-0.1, -0.05) is 27.2 Å². The zero-order chi connectivity index (χ0) is 26.8. The molecule has 0 spiro atoms. The second-order valence-electron chi connectivity index (χ2n) is 8.17. The van der Waals surface area contributed by atoms with Crippen LogP contribution in [0, 0.1) is 0 Å². The zero-order valence-corrected chi connectivity index (χ0v) is 22.5. The predicted molar refractivity (Wildman–Crippen MR) is 144 cm³/mol. The minimum atomic E-state index is -0.826. The number of amides is 1. The summed E-state index contributed by atoms with van der Waals surface area (Å²) in [6, 6.07) is 9.99. The summed E-state index contributed by atoms with van der Waals surface area (Å²) in [5.41, 5.74) is 2.10. The molecule has 3 rings (SSSR count). The van der Waals surface area contributed by atoms with E-state index in [-0.39, 0.29) is 12.3 Å². The fraction of sp³-hybridized carbons (Fsp3) is 0.556. The summed E-state index contributed by atoms with van der Waals surface area (Å²) in [7, 11) is 3.25. The first kappa shape index (κ1) is 31.0. The van der Waals surface area contributed by atoms with Crippen molar-refractivity contribution < 1.29 is 19.4 Å². The van der Waals surface area contributed by atoms with Gasteiger partial charge in [0, 0.05) is 70.6 Å². The molecular formula is C27H43N5O4. The van der Waals surface area contributed by atoms with Gasteiger partial charge in [-0.3, -0.25) is 14.5 Å². The number of carboxylic acids is 1. The zero-order valence-electron chi connectivity index (χ0n) is 22.5. The monoisotopic (exact) mass is 501 g/mol. The number of carbonyl (C=O) groups excluding carboxylic acids is 1. The van der Waals surface area contributed by atoms with Gasteiger partial charge in [-0.2, -0.15) is 0 Å². The lowest BCUT2D eigenvalue weighted by Gasteiger charge is -2.37. The van der Waals surface area contributed by atoms with Gasteiger partial charge in [0.2, 0.25) is 5.91 Å². The van der Waals surface area contributed by atoms with Crippen LogP contribution >= 0.6 is 0 Å². The van der Waals surface area contributed by atoms with Crippen LogP contribution < -0.4 is 4.90 Å². The molecule has 36 heavy (non-hydrogen) atoms. The molecular weight excluding hydrogens is 458 g/mol. The Labute approximate surface area is 216 Å². The molecule has 9 nitrogen and oxygen atoms in total. The Hall–Kier alpha value is -3.04. The van der Waals surface area contributed by atoms with Crippen molar-refractivity contribution in [2.45, 2.75) is 40.0 Å². The number of nitrogens with zero attached hydrogens (tertiary/aromatic N) is 5. The molecule has 1 aromatic heterocycles. The summed E-state index contributed by atoms with van der Waals surface area (Å²) >= 11 is 0. The first-order valence-corrected chi connectivity index (χ1v) is 12.7. The molecule has 1 aliphatic rings. The van der Waals surface area contributed by atoms with Crippen molar-refractivity contribution in [2.75, 3.05) is 64.9 Å². The molecule has 1 fully saturated rings. The Morgan fingerprint density at radius 3 is 2.11 bits per heavy atom. The van der Waals surface area contributed by atoms with Gasteiger partial charge in [0.15, 0.2) is 5.82 Å². The molecule has 1 amide bonds. The molecule has 0 unspecified atom stereocenters. The fourth-order valence-electron chi connectivity index (χ4n) is 3.68. The number of rotatable bonds is 10. The van der Waals surface area contributed by atoms with Crippen molar-refractivity contribution in [3.05, 3.63) is 42.7 Å². The van der Waals surface area contributed by atoms with Crippen LogP contribution in [0.15, 0.2) is 42.7 Å². The standard InChI is InChI=1S/C23H31N5O3.C2H6O.C2H6/c1-2-3-12-26(13-9-22(30)31)18-21(29)28-16-14-27(15-17-28)20-7-5-19(6-8-20)23-24-10-4-11-25-23;1-3-2;1-2/h4-8,10-11H,2-3,9,12-18H2,1H3,(H,30,31);1-2H3;1-2H3. The number of hydrogen-bond donors (Lipinski definition) is 1. The third-order valence-electron chi connectivity index (χ3n) is 5.52. The first-order chi connectivity index (χ1) is 17.5. The van der Waals surface area contributed by atoms with Crippen LogP contribution in [-0.4, -0.2) is 96.8 Å². The van der Waals surface area contributed by atoms with E-state index in [2.05, 4.69) is 38.7 Å². The van der Waals surface area contributed by atoms with E-state index in [1.54, 1.807) is 32.7 Å². The first-order valence-electron chi connectivity index (χ1n) is 12.7. The molecule has 1 aliphatic heterocycles. The number of hydrogen-bond acceptors (Lipinski definition) is 7. The Morgan fingerprint density at radius 2 is 1.58 bits per heavy atom. The Kier molecular flexibility index (Phi) is 15.7. The molecule has 0 saturated carbocycles. The molecule has 0 aliphatic carbocycles. The number of carboxylic acid groups (broad SMARTS) is 1. The van der Waals surface area contributed by atoms with E-state index in [0.717, 1.165) is 43.7 Å². The van der Waals surface area contributed by atoms with E-state index in [0.29, 0.717) is 32.0 Å². The smallest absolute Gasteiger partial charge is 0.304 e. The molecule has 200 valence electrons. The van der Waals surface area contributed by atoms with E-state index in [4.69, 9.17) is 5.11 Å². The second kappa shape index (κ2) is 18.3. The summed E-state index contributed by atoms with van der Waals surface area (Å²) in [5.74, 6) is -0.0369. The highest BCUT2D eigenvalue weighted by atomic mass is 16.4. The van der Waals surface area contributed by atoms with Gasteiger partial charge in [0.25, 0.3) is 0 Å². The van der Waals surface area contributed by atoms with Crippen LogP contribution in [0.1, 0.15) is 40.0 Å². The maximum Gasteiger partial charge on any atom is 0.304 e. The van der Waals surface area contributed by atoms with Gasteiger partial charge in [0.1, 0.15) is 0 Å². The van der Waals surface area contributed by atoms with Crippen molar-refractivity contribution in [1.29, 1.82) is 0 Å². The molecule has 0 atom stereocenters. The Bertz CT molecular complexity index is 856. The highest BCUT2D eigenvalue weighted by molar-refractivity contribution is 5.78. The summed E-state index contributed by atoms with van der Waals surface area (Å²) in [4.78, 5) is 38.4. The maximum atomic E-state index is 12.8. The van der Waals surface area contributed by atoms with E-state index in [1.807, 2.05) is 35.8 Å². The van der Waals surface area contributed by atoms with Gasteiger partial charge >= 0.3 is 5.97 Å². The summed E-state index contributed by atoms with van der Waals surface area (Å²) < 4.78 is 4.25. The summed E-state index contributed by atoms with van der Waals surface area (Å²) in [5, 5.41) is 8.96. The SMILES string of the molecule is CC.CCCCN(CCC(=O)O)CC(=O)N1CCN(c2ccc(-c3ncccn3)cc2)CC1.COC. The van der Waals surface area contributed by atoms with Gasteiger partial charge in [-0.15, -0.1) is 0 Å². The largest absolute Gasteiger partial charge is 0.481 e. The molecule has 9 heteroatoms. The van der Waals surface area contributed by atoms with E-state index in [1.165, 1.54) is 0 Å². The van der Waals surface area contributed by atoms with Crippen molar-refractivity contribution in [1.82, 2.24) is 19.8 Å². The van der Waals surface area contributed by atoms with E-state index in [9.17, 15) is 9.59 Å². The number of unbranched alkanes of at least 4 members (excludes halogenated alkanes) is 1. The van der Waals surface area contributed by atoms with Crippen LogP contribution in [-0.2, 0) is 14.3 Å². The number of carbonyl (C=O) groups is 2. The predicted octanol–water partition coefficient (Wildman–Crippen LogP) is 3.66. The second-order valence-corrected chi connectivity index (χ2v) is 8.17. The van der Waals surface area contributed by atoms with Crippen molar-refractivity contribution in [3.63, 3.8) is 0 Å². The Morgan fingerprint density at radius 1 is 1.00 bits per heavy atom. The number of ether oxygens (including phenoxy) is 1. The van der Waals surface area contributed by atoms with Crippen molar-refractivity contribution in [2.24, 2.45) is 0 Å².